The highest BCUT2D eigenvalue weighted by Crippen LogP contribution is 2.46. The van der Waals surface area contributed by atoms with Crippen molar-refractivity contribution < 1.29 is 13.9 Å². The molecule has 3 rings (SSSR count). The molecule has 0 bridgehead atoms. The molecular formula is C34H45ClN3O3P. The molecule has 0 saturated carbocycles. The molecule has 8 heteroatoms. The van der Waals surface area contributed by atoms with Crippen LogP contribution in [0.3, 0.4) is 0 Å². The second-order valence-corrected chi connectivity index (χ2v) is 12.6. The zero-order valence-electron chi connectivity index (χ0n) is 25.3. The number of nitrogens with one attached hydrogen (secondary N) is 1. The van der Waals surface area contributed by atoms with Gasteiger partial charge in [0.15, 0.2) is 0 Å². The Balaban J connectivity index is 1.57. The van der Waals surface area contributed by atoms with Crippen molar-refractivity contribution in [3.8, 4) is 6.07 Å². The Bertz CT molecular complexity index is 1160. The Kier molecular flexibility index (Phi) is 14.9. The number of halogens is 1. The standard InChI is InChI=1S/C34H45ClN3O3P/c1-28(2)38(29(3)4)42(41-27-17-24-36)40-26-16-6-5-15-25-39-37-34(30-18-9-7-10-19-30,31-20-11-8-12-21-31)32-22-13-14-23-33(32)35/h7-14,18-23,28-29,37H,5-6,15-17,25-27H2,1-4H3. The van der Waals surface area contributed by atoms with E-state index in [1.165, 1.54) is 0 Å². The lowest BCUT2D eigenvalue weighted by molar-refractivity contribution is -0.00148. The van der Waals surface area contributed by atoms with Crippen LogP contribution in [-0.2, 0) is 19.4 Å². The zero-order valence-corrected chi connectivity index (χ0v) is 27.0. The largest absolute Gasteiger partial charge is 0.322 e. The van der Waals surface area contributed by atoms with Gasteiger partial charge in [-0.2, -0.15) is 10.7 Å². The molecule has 0 aliphatic heterocycles. The van der Waals surface area contributed by atoms with Crippen LogP contribution in [0.4, 0.5) is 0 Å². The molecule has 1 atom stereocenters. The van der Waals surface area contributed by atoms with Gasteiger partial charge in [0.05, 0.1) is 32.3 Å². The van der Waals surface area contributed by atoms with Crippen LogP contribution in [0.5, 0.6) is 0 Å². The number of unbranched alkanes of at least 4 members (excludes halogenated alkanes) is 3. The molecule has 6 nitrogen and oxygen atoms in total. The van der Waals surface area contributed by atoms with Crippen LogP contribution in [0.2, 0.25) is 5.02 Å². The maximum Gasteiger partial charge on any atom is 0.259 e. The number of rotatable bonds is 19. The number of nitriles is 1. The number of nitrogens with zero attached hydrogens (tertiary/aromatic N) is 2. The second kappa shape index (κ2) is 18.4. The van der Waals surface area contributed by atoms with Crippen molar-refractivity contribution in [3.05, 3.63) is 107 Å². The lowest BCUT2D eigenvalue weighted by Crippen LogP contribution is -2.45. The van der Waals surface area contributed by atoms with Crippen LogP contribution in [0.25, 0.3) is 0 Å². The molecule has 226 valence electrons. The van der Waals surface area contributed by atoms with Gasteiger partial charge in [0.1, 0.15) is 5.54 Å². The molecule has 0 fully saturated rings. The SMILES string of the molecule is CC(C)N(C(C)C)P(OCCC#N)OCCCCCCONC(c1ccccc1)(c1ccccc1)c1ccccc1Cl. The molecule has 0 aliphatic rings. The monoisotopic (exact) mass is 609 g/mol. The average Bonchev–Trinajstić information content (AvgIpc) is 2.99. The molecule has 0 amide bonds. The van der Waals surface area contributed by atoms with E-state index in [1.54, 1.807) is 0 Å². The van der Waals surface area contributed by atoms with Gasteiger partial charge in [-0.25, -0.2) is 4.67 Å². The lowest BCUT2D eigenvalue weighted by atomic mass is 9.77. The van der Waals surface area contributed by atoms with Crippen molar-refractivity contribution in [2.24, 2.45) is 0 Å². The van der Waals surface area contributed by atoms with Gasteiger partial charge in [0.2, 0.25) is 0 Å². The lowest BCUT2D eigenvalue weighted by Gasteiger charge is -2.36. The molecule has 0 heterocycles. The van der Waals surface area contributed by atoms with Crippen molar-refractivity contribution in [2.75, 3.05) is 19.8 Å². The van der Waals surface area contributed by atoms with Crippen molar-refractivity contribution in [3.63, 3.8) is 0 Å². The molecule has 0 spiro atoms. The van der Waals surface area contributed by atoms with Gasteiger partial charge in [0, 0.05) is 22.7 Å². The van der Waals surface area contributed by atoms with E-state index in [1.807, 2.05) is 54.6 Å². The maximum absolute atomic E-state index is 8.90. The summed E-state index contributed by atoms with van der Waals surface area (Å²) >= 11 is 6.80. The van der Waals surface area contributed by atoms with Crippen LogP contribution in [0.1, 0.15) is 76.5 Å². The third-order valence-corrected chi connectivity index (χ3v) is 9.36. The van der Waals surface area contributed by atoms with Gasteiger partial charge < -0.3 is 13.9 Å². The summed E-state index contributed by atoms with van der Waals surface area (Å²) < 4.78 is 14.5. The molecule has 0 aliphatic carbocycles. The Morgan fingerprint density at radius 3 is 1.83 bits per heavy atom. The van der Waals surface area contributed by atoms with Gasteiger partial charge in [0.25, 0.3) is 8.53 Å². The minimum Gasteiger partial charge on any atom is -0.322 e. The molecular weight excluding hydrogens is 565 g/mol. The summed E-state index contributed by atoms with van der Waals surface area (Å²) in [7, 11) is -1.19. The van der Waals surface area contributed by atoms with Crippen molar-refractivity contribution in [2.45, 2.75) is 77.4 Å². The van der Waals surface area contributed by atoms with Gasteiger partial charge in [-0.1, -0.05) is 103 Å². The molecule has 3 aromatic rings. The smallest absolute Gasteiger partial charge is 0.259 e. The summed E-state index contributed by atoms with van der Waals surface area (Å²) in [6, 6.07) is 31.3. The topological polar surface area (TPSA) is 66.8 Å². The van der Waals surface area contributed by atoms with Crippen molar-refractivity contribution in [1.29, 1.82) is 5.26 Å². The maximum atomic E-state index is 8.90. The summed E-state index contributed by atoms with van der Waals surface area (Å²) in [5, 5.41) is 9.58. The van der Waals surface area contributed by atoms with E-state index < -0.39 is 14.1 Å². The predicted molar refractivity (Wildman–Crippen MR) is 173 cm³/mol. The fourth-order valence-electron chi connectivity index (χ4n) is 5.04. The fourth-order valence-corrected chi connectivity index (χ4v) is 6.94. The number of hydrogen-bond acceptors (Lipinski definition) is 6. The van der Waals surface area contributed by atoms with Gasteiger partial charge in [-0.15, -0.1) is 0 Å². The third kappa shape index (κ3) is 9.59. The predicted octanol–water partition coefficient (Wildman–Crippen LogP) is 9.01. The molecule has 1 unspecified atom stereocenters. The van der Waals surface area contributed by atoms with E-state index in [0.717, 1.165) is 42.4 Å². The van der Waals surface area contributed by atoms with Gasteiger partial charge >= 0.3 is 0 Å². The minimum absolute atomic E-state index is 0.299. The summed E-state index contributed by atoms with van der Waals surface area (Å²) in [4.78, 5) is 6.21. The van der Waals surface area contributed by atoms with E-state index in [4.69, 9.17) is 30.7 Å². The van der Waals surface area contributed by atoms with Crippen LogP contribution >= 0.6 is 20.1 Å². The van der Waals surface area contributed by atoms with E-state index in [0.29, 0.717) is 43.3 Å². The highest BCUT2D eigenvalue weighted by molar-refractivity contribution is 7.44. The fraction of sp³-hybridized carbons (Fsp3) is 0.441. The Labute approximate surface area is 258 Å². The van der Waals surface area contributed by atoms with Crippen LogP contribution < -0.4 is 5.48 Å². The van der Waals surface area contributed by atoms with Crippen LogP contribution in [-0.4, -0.2) is 36.6 Å². The molecule has 0 radical (unpaired) electrons. The van der Waals surface area contributed by atoms with E-state index in [-0.39, 0.29) is 0 Å². The summed E-state index contributed by atoms with van der Waals surface area (Å²) in [6.07, 6.45) is 4.27. The highest BCUT2D eigenvalue weighted by Gasteiger charge is 2.38. The summed E-state index contributed by atoms with van der Waals surface area (Å²) in [6.45, 7) is 10.2. The number of hydrogen-bond donors (Lipinski definition) is 1. The highest BCUT2D eigenvalue weighted by atomic mass is 35.5. The summed E-state index contributed by atoms with van der Waals surface area (Å²) in [5.41, 5.74) is 5.71. The van der Waals surface area contributed by atoms with Gasteiger partial charge in [-0.3, -0.25) is 0 Å². The van der Waals surface area contributed by atoms with E-state index in [2.05, 4.69) is 74.2 Å². The minimum atomic E-state index is -1.19. The quantitative estimate of drug-likeness (QED) is 0.0633. The zero-order chi connectivity index (χ0) is 30.2. The first-order valence-corrected chi connectivity index (χ1v) is 16.4. The average molecular weight is 610 g/mol. The molecule has 0 saturated heterocycles. The Morgan fingerprint density at radius 1 is 0.762 bits per heavy atom. The van der Waals surface area contributed by atoms with E-state index >= 15 is 0 Å². The van der Waals surface area contributed by atoms with Gasteiger partial charge in [-0.05, 0) is 57.7 Å². The third-order valence-electron chi connectivity index (χ3n) is 6.92. The van der Waals surface area contributed by atoms with Crippen LogP contribution in [0, 0.1) is 11.3 Å². The number of benzene rings is 3. The first kappa shape index (κ1) is 34.2. The summed E-state index contributed by atoms with van der Waals surface area (Å²) in [5.74, 6) is 0. The molecule has 0 aromatic heterocycles. The molecule has 42 heavy (non-hydrogen) atoms. The normalized spacial score (nSPS) is 12.6. The first-order valence-electron chi connectivity index (χ1n) is 14.9. The first-order chi connectivity index (χ1) is 20.4. The second-order valence-electron chi connectivity index (χ2n) is 10.7. The van der Waals surface area contributed by atoms with Crippen molar-refractivity contribution in [1.82, 2.24) is 10.2 Å². The Hall–Kier alpha value is -2.33. The number of hydroxylamine groups is 1. The molecule has 3 aromatic carbocycles. The van der Waals surface area contributed by atoms with Crippen LogP contribution in [0.15, 0.2) is 84.9 Å². The van der Waals surface area contributed by atoms with Crippen molar-refractivity contribution >= 4 is 20.1 Å². The Morgan fingerprint density at radius 2 is 1.29 bits per heavy atom. The van der Waals surface area contributed by atoms with E-state index in [9.17, 15) is 0 Å². The molecule has 1 N–H and O–H groups in total.